The summed E-state index contributed by atoms with van der Waals surface area (Å²) in [5.74, 6) is 1.82. The molecule has 0 aliphatic rings. The molecule has 0 unspecified atom stereocenters. The number of hydrogen-bond donors (Lipinski definition) is 0. The highest BCUT2D eigenvalue weighted by Gasteiger charge is 2.39. The standard InChI is InChI=1S/C29H34N2OSi/c1-29(2,3)33(4,5)32-24-17-18-26-25(21-24)27(20-23-14-10-7-11-15-23)31-28(30-26)19-16-22-12-8-6-9-13-22/h6-15,17-18,21H,16,19-20H2,1-5H3. The first-order chi connectivity index (χ1) is 15.7. The molecule has 0 spiro atoms. The topological polar surface area (TPSA) is 35.0 Å². The normalized spacial score (nSPS) is 12.2. The lowest BCUT2D eigenvalue weighted by molar-refractivity contribution is 0.492. The Morgan fingerprint density at radius 3 is 2.03 bits per heavy atom. The maximum Gasteiger partial charge on any atom is 0.250 e. The Kier molecular flexibility index (Phi) is 6.66. The molecular weight excluding hydrogens is 420 g/mol. The van der Waals surface area contributed by atoms with Gasteiger partial charge in [-0.05, 0) is 53.9 Å². The monoisotopic (exact) mass is 454 g/mol. The van der Waals surface area contributed by atoms with Crippen molar-refractivity contribution in [2.45, 2.75) is 58.2 Å². The zero-order valence-corrected chi connectivity index (χ0v) is 21.4. The van der Waals surface area contributed by atoms with Gasteiger partial charge in [0.15, 0.2) is 0 Å². The van der Waals surface area contributed by atoms with E-state index in [1.807, 2.05) is 0 Å². The molecular formula is C29H34N2OSi. The molecule has 33 heavy (non-hydrogen) atoms. The van der Waals surface area contributed by atoms with Gasteiger partial charge in [0.1, 0.15) is 11.6 Å². The van der Waals surface area contributed by atoms with E-state index in [4.69, 9.17) is 14.4 Å². The molecule has 4 aromatic rings. The number of rotatable bonds is 7. The van der Waals surface area contributed by atoms with Crippen molar-refractivity contribution in [2.75, 3.05) is 0 Å². The Bertz CT molecular complexity index is 1220. The number of fused-ring (bicyclic) bond motifs is 1. The predicted molar refractivity (Wildman–Crippen MR) is 140 cm³/mol. The molecule has 0 fully saturated rings. The Morgan fingerprint density at radius 1 is 0.758 bits per heavy atom. The van der Waals surface area contributed by atoms with E-state index in [2.05, 4.69) is 113 Å². The summed E-state index contributed by atoms with van der Waals surface area (Å²) in [5, 5.41) is 1.23. The third kappa shape index (κ3) is 5.69. The Balaban J connectivity index is 1.70. The maximum atomic E-state index is 6.60. The second kappa shape index (κ2) is 9.48. The Hall–Kier alpha value is -2.98. The minimum Gasteiger partial charge on any atom is -0.543 e. The first-order valence-electron chi connectivity index (χ1n) is 11.8. The van der Waals surface area contributed by atoms with Gasteiger partial charge in [-0.25, -0.2) is 9.97 Å². The van der Waals surface area contributed by atoms with Gasteiger partial charge in [-0.2, -0.15) is 0 Å². The molecule has 0 N–H and O–H groups in total. The quantitative estimate of drug-likeness (QED) is 0.273. The van der Waals surface area contributed by atoms with Gasteiger partial charge in [-0.3, -0.25) is 0 Å². The van der Waals surface area contributed by atoms with Crippen molar-refractivity contribution in [1.29, 1.82) is 0 Å². The van der Waals surface area contributed by atoms with Gasteiger partial charge in [-0.1, -0.05) is 81.4 Å². The molecule has 4 heteroatoms. The van der Waals surface area contributed by atoms with Crippen molar-refractivity contribution in [2.24, 2.45) is 0 Å². The Labute approximate surface area is 199 Å². The predicted octanol–water partition coefficient (Wildman–Crippen LogP) is 7.39. The van der Waals surface area contributed by atoms with Crippen LogP contribution in [0.3, 0.4) is 0 Å². The highest BCUT2D eigenvalue weighted by Crippen LogP contribution is 2.38. The van der Waals surface area contributed by atoms with Gasteiger partial charge in [0.2, 0.25) is 8.32 Å². The number of aromatic nitrogens is 2. The average Bonchev–Trinajstić information content (AvgIpc) is 2.78. The van der Waals surface area contributed by atoms with Crippen LogP contribution in [-0.2, 0) is 19.3 Å². The van der Waals surface area contributed by atoms with Crippen molar-refractivity contribution in [3.05, 3.63) is 102 Å². The van der Waals surface area contributed by atoms with Crippen LogP contribution in [0.25, 0.3) is 10.9 Å². The van der Waals surface area contributed by atoms with Gasteiger partial charge in [0.05, 0.1) is 11.2 Å². The lowest BCUT2D eigenvalue weighted by atomic mass is 10.0. The van der Waals surface area contributed by atoms with Gasteiger partial charge in [0, 0.05) is 18.2 Å². The molecule has 3 nitrogen and oxygen atoms in total. The van der Waals surface area contributed by atoms with E-state index in [0.29, 0.717) is 0 Å². The molecule has 1 heterocycles. The second-order valence-electron chi connectivity index (χ2n) is 10.3. The van der Waals surface area contributed by atoms with Crippen molar-refractivity contribution in [1.82, 2.24) is 9.97 Å². The molecule has 1 aromatic heterocycles. The van der Waals surface area contributed by atoms with Crippen LogP contribution < -0.4 is 4.43 Å². The van der Waals surface area contributed by atoms with E-state index in [-0.39, 0.29) is 5.04 Å². The van der Waals surface area contributed by atoms with Crippen LogP contribution in [0.4, 0.5) is 0 Å². The van der Waals surface area contributed by atoms with Crippen LogP contribution >= 0.6 is 0 Å². The molecule has 0 radical (unpaired) electrons. The molecule has 0 atom stereocenters. The SMILES string of the molecule is CC(C)(C)[Si](C)(C)Oc1ccc2nc(CCc3ccccc3)nc(Cc3ccccc3)c2c1. The fourth-order valence-corrected chi connectivity index (χ4v) is 4.69. The molecule has 0 bridgehead atoms. The minimum absolute atomic E-state index is 0.145. The van der Waals surface area contributed by atoms with Crippen molar-refractivity contribution < 1.29 is 4.43 Å². The van der Waals surface area contributed by atoms with Crippen LogP contribution in [0, 0.1) is 0 Å². The zero-order chi connectivity index (χ0) is 23.5. The molecule has 3 aromatic carbocycles. The fraction of sp³-hybridized carbons (Fsp3) is 0.310. The van der Waals surface area contributed by atoms with Crippen LogP contribution in [-0.4, -0.2) is 18.3 Å². The van der Waals surface area contributed by atoms with E-state index in [0.717, 1.165) is 47.4 Å². The minimum atomic E-state index is -1.93. The number of aryl methyl sites for hydroxylation is 2. The first kappa shape index (κ1) is 23.2. The fourth-order valence-electron chi connectivity index (χ4n) is 3.67. The van der Waals surface area contributed by atoms with Gasteiger partial charge < -0.3 is 4.43 Å². The number of nitrogens with zero attached hydrogens (tertiary/aromatic N) is 2. The van der Waals surface area contributed by atoms with Crippen LogP contribution in [0.1, 0.15) is 43.4 Å². The van der Waals surface area contributed by atoms with E-state index in [1.54, 1.807) is 0 Å². The van der Waals surface area contributed by atoms with Crippen LogP contribution in [0.15, 0.2) is 78.9 Å². The van der Waals surface area contributed by atoms with Crippen LogP contribution in [0.5, 0.6) is 5.75 Å². The van der Waals surface area contributed by atoms with Crippen LogP contribution in [0.2, 0.25) is 18.1 Å². The number of benzene rings is 3. The summed E-state index contributed by atoms with van der Waals surface area (Å²) < 4.78 is 6.60. The smallest absolute Gasteiger partial charge is 0.250 e. The maximum absolute atomic E-state index is 6.60. The highest BCUT2D eigenvalue weighted by atomic mass is 28.4. The summed E-state index contributed by atoms with van der Waals surface area (Å²) in [5.41, 5.74) is 4.61. The molecule has 0 amide bonds. The summed E-state index contributed by atoms with van der Waals surface area (Å²) in [7, 11) is -1.93. The summed E-state index contributed by atoms with van der Waals surface area (Å²) in [6.07, 6.45) is 2.54. The molecule has 170 valence electrons. The zero-order valence-electron chi connectivity index (χ0n) is 20.4. The molecule has 0 saturated heterocycles. The first-order valence-corrected chi connectivity index (χ1v) is 14.7. The van der Waals surface area contributed by atoms with Gasteiger partial charge >= 0.3 is 0 Å². The average molecular weight is 455 g/mol. The van der Waals surface area contributed by atoms with Crippen molar-refractivity contribution in [3.63, 3.8) is 0 Å². The summed E-state index contributed by atoms with van der Waals surface area (Å²) >= 11 is 0. The molecule has 0 aliphatic heterocycles. The molecule has 0 saturated carbocycles. The third-order valence-electron chi connectivity index (χ3n) is 6.67. The Morgan fingerprint density at radius 2 is 1.39 bits per heavy atom. The lowest BCUT2D eigenvalue weighted by Crippen LogP contribution is -2.43. The second-order valence-corrected chi connectivity index (χ2v) is 15.0. The van der Waals surface area contributed by atoms with Gasteiger partial charge in [-0.15, -0.1) is 0 Å². The van der Waals surface area contributed by atoms with E-state index >= 15 is 0 Å². The molecule has 0 aliphatic carbocycles. The highest BCUT2D eigenvalue weighted by molar-refractivity contribution is 6.74. The summed E-state index contributed by atoms with van der Waals surface area (Å²) in [6, 6.07) is 27.4. The van der Waals surface area contributed by atoms with Gasteiger partial charge in [0.25, 0.3) is 0 Å². The largest absolute Gasteiger partial charge is 0.543 e. The van der Waals surface area contributed by atoms with Crippen molar-refractivity contribution in [3.8, 4) is 5.75 Å². The van der Waals surface area contributed by atoms with E-state index in [1.165, 1.54) is 11.1 Å². The molecule has 4 rings (SSSR count). The lowest BCUT2D eigenvalue weighted by Gasteiger charge is -2.36. The van der Waals surface area contributed by atoms with E-state index in [9.17, 15) is 0 Å². The summed E-state index contributed by atoms with van der Waals surface area (Å²) in [4.78, 5) is 9.97. The van der Waals surface area contributed by atoms with Crippen molar-refractivity contribution >= 4 is 19.2 Å². The summed E-state index contributed by atoms with van der Waals surface area (Å²) in [6.45, 7) is 11.4. The number of hydrogen-bond acceptors (Lipinski definition) is 3. The third-order valence-corrected chi connectivity index (χ3v) is 11.0. The van der Waals surface area contributed by atoms with E-state index < -0.39 is 8.32 Å².